The fraction of sp³-hybridized carbons (Fsp3) is 0.647. The summed E-state index contributed by atoms with van der Waals surface area (Å²) in [7, 11) is 0. The van der Waals surface area contributed by atoms with E-state index >= 15 is 0 Å². The van der Waals surface area contributed by atoms with Crippen LogP contribution in [-0.2, 0) is 0 Å². The maximum absolute atomic E-state index is 12.7. The number of phenolic OH excluding ortho intramolecular Hbond substituents is 1. The molecule has 1 aromatic rings. The van der Waals surface area contributed by atoms with E-state index < -0.39 is 5.51 Å². The number of alkyl halides is 3. The van der Waals surface area contributed by atoms with E-state index in [9.17, 15) is 18.3 Å². The summed E-state index contributed by atoms with van der Waals surface area (Å²) >= 11 is -0.112. The highest BCUT2D eigenvalue weighted by Gasteiger charge is 2.35. The van der Waals surface area contributed by atoms with Crippen molar-refractivity contribution in [3.8, 4) is 5.75 Å². The SMILES string of the molecule is Cl.Cl.Oc1ccc(SC(F)(F)F)cc1[C@H](C1CCCC1)N1CCNCC1. The number of hydrogen-bond donors (Lipinski definition) is 2. The van der Waals surface area contributed by atoms with Crippen LogP contribution in [0.5, 0.6) is 5.75 Å². The molecule has 1 heterocycles. The van der Waals surface area contributed by atoms with E-state index in [2.05, 4.69) is 10.2 Å². The number of phenols is 1. The van der Waals surface area contributed by atoms with Gasteiger partial charge in [-0.2, -0.15) is 13.2 Å². The van der Waals surface area contributed by atoms with Crippen LogP contribution in [0.4, 0.5) is 13.2 Å². The molecule has 0 amide bonds. The summed E-state index contributed by atoms with van der Waals surface area (Å²) in [4.78, 5) is 2.47. The van der Waals surface area contributed by atoms with Gasteiger partial charge in [0.05, 0.1) is 0 Å². The van der Waals surface area contributed by atoms with Gasteiger partial charge < -0.3 is 10.4 Å². The Labute approximate surface area is 168 Å². The third-order valence-electron chi connectivity index (χ3n) is 4.94. The Bertz CT molecular complexity index is 565. The zero-order valence-corrected chi connectivity index (χ0v) is 16.7. The minimum Gasteiger partial charge on any atom is -0.508 e. The molecule has 1 saturated heterocycles. The Hall–Kier alpha value is -0.340. The second kappa shape index (κ2) is 10.3. The van der Waals surface area contributed by atoms with Crippen molar-refractivity contribution in [3.63, 3.8) is 0 Å². The molecule has 0 unspecified atom stereocenters. The van der Waals surface area contributed by atoms with Crippen LogP contribution in [0.3, 0.4) is 0 Å². The number of nitrogens with one attached hydrogen (secondary N) is 1. The fourth-order valence-corrected chi connectivity index (χ4v) is 4.54. The molecule has 0 radical (unpaired) electrons. The van der Waals surface area contributed by atoms with Gasteiger partial charge in [-0.1, -0.05) is 12.8 Å². The van der Waals surface area contributed by atoms with Gasteiger partial charge in [0, 0.05) is 42.7 Å². The third kappa shape index (κ3) is 6.09. The minimum absolute atomic E-state index is 0. The lowest BCUT2D eigenvalue weighted by Gasteiger charge is -2.39. The Morgan fingerprint density at radius 2 is 1.73 bits per heavy atom. The van der Waals surface area contributed by atoms with Crippen molar-refractivity contribution in [3.05, 3.63) is 23.8 Å². The standard InChI is InChI=1S/C17H23F3N2OS.2ClH/c18-17(19,20)24-13-5-6-15(23)14(11-13)16(12-3-1-2-4-12)22-9-7-21-8-10-22;;/h5-6,11-12,16,21,23H,1-4,7-10H2;2*1H/t16-;;/m0../s1. The third-order valence-corrected chi connectivity index (χ3v) is 5.66. The van der Waals surface area contributed by atoms with Crippen molar-refractivity contribution in [2.45, 2.75) is 42.1 Å². The highest BCUT2D eigenvalue weighted by Crippen LogP contribution is 2.45. The largest absolute Gasteiger partial charge is 0.508 e. The number of halogens is 5. The Kier molecular flexibility index (Phi) is 9.36. The van der Waals surface area contributed by atoms with Crippen molar-refractivity contribution in [1.29, 1.82) is 0 Å². The molecule has 3 rings (SSSR count). The van der Waals surface area contributed by atoms with Crippen molar-refractivity contribution in [2.75, 3.05) is 26.2 Å². The van der Waals surface area contributed by atoms with Crippen LogP contribution in [0.15, 0.2) is 23.1 Å². The van der Waals surface area contributed by atoms with Gasteiger partial charge >= 0.3 is 5.51 Å². The van der Waals surface area contributed by atoms with Crippen molar-refractivity contribution >= 4 is 36.6 Å². The second-order valence-electron chi connectivity index (χ2n) is 6.54. The van der Waals surface area contributed by atoms with Gasteiger partial charge in [0.1, 0.15) is 5.75 Å². The molecule has 1 aliphatic carbocycles. The van der Waals surface area contributed by atoms with Gasteiger partial charge in [-0.15, -0.1) is 24.8 Å². The maximum atomic E-state index is 12.7. The number of hydrogen-bond acceptors (Lipinski definition) is 4. The van der Waals surface area contributed by atoms with E-state index in [1.807, 2.05) is 0 Å². The predicted octanol–water partition coefficient (Wildman–Crippen LogP) is 4.98. The van der Waals surface area contributed by atoms with Crippen LogP contribution in [0, 0.1) is 5.92 Å². The summed E-state index contributed by atoms with van der Waals surface area (Å²) in [5, 5.41) is 13.7. The molecule has 1 atom stereocenters. The van der Waals surface area contributed by atoms with Crippen LogP contribution in [0.25, 0.3) is 0 Å². The first-order valence-electron chi connectivity index (χ1n) is 8.47. The van der Waals surface area contributed by atoms with Crippen LogP contribution >= 0.6 is 36.6 Å². The number of thioether (sulfide) groups is 1. The molecule has 1 aliphatic heterocycles. The fourth-order valence-electron chi connectivity index (χ4n) is 3.95. The van der Waals surface area contributed by atoms with Gasteiger partial charge in [-0.3, -0.25) is 4.90 Å². The van der Waals surface area contributed by atoms with Crippen molar-refractivity contribution < 1.29 is 18.3 Å². The van der Waals surface area contributed by atoms with E-state index in [0.29, 0.717) is 11.5 Å². The summed E-state index contributed by atoms with van der Waals surface area (Å²) in [6.07, 6.45) is 4.46. The lowest BCUT2D eigenvalue weighted by Crippen LogP contribution is -2.46. The topological polar surface area (TPSA) is 35.5 Å². The smallest absolute Gasteiger partial charge is 0.446 e. The Morgan fingerprint density at radius 3 is 2.31 bits per heavy atom. The molecule has 150 valence electrons. The van der Waals surface area contributed by atoms with Crippen molar-refractivity contribution in [2.24, 2.45) is 5.92 Å². The molecule has 0 spiro atoms. The Morgan fingerprint density at radius 1 is 1.12 bits per heavy atom. The van der Waals surface area contributed by atoms with Gasteiger partial charge in [-0.05, 0) is 48.7 Å². The first-order valence-corrected chi connectivity index (χ1v) is 9.29. The molecule has 0 aromatic heterocycles. The molecule has 2 fully saturated rings. The van der Waals surface area contributed by atoms with Crippen LogP contribution in [-0.4, -0.2) is 41.7 Å². The molecular weight excluding hydrogens is 408 g/mol. The van der Waals surface area contributed by atoms with Crippen LogP contribution in [0.1, 0.15) is 37.3 Å². The first kappa shape index (κ1) is 23.7. The van der Waals surface area contributed by atoms with E-state index in [-0.39, 0.29) is 53.3 Å². The molecule has 26 heavy (non-hydrogen) atoms. The summed E-state index contributed by atoms with van der Waals surface area (Å²) in [6, 6.07) is 4.30. The van der Waals surface area contributed by atoms with Crippen LogP contribution < -0.4 is 5.32 Å². The first-order chi connectivity index (χ1) is 11.4. The van der Waals surface area contributed by atoms with Gasteiger partial charge in [-0.25, -0.2) is 0 Å². The minimum atomic E-state index is -4.31. The number of nitrogens with zero attached hydrogens (tertiary/aromatic N) is 1. The van der Waals surface area contributed by atoms with Gasteiger partial charge in [0.15, 0.2) is 0 Å². The predicted molar refractivity (Wildman–Crippen MR) is 104 cm³/mol. The van der Waals surface area contributed by atoms with Gasteiger partial charge in [0.2, 0.25) is 0 Å². The highest BCUT2D eigenvalue weighted by molar-refractivity contribution is 8.00. The summed E-state index contributed by atoms with van der Waals surface area (Å²) < 4.78 is 38.1. The number of benzene rings is 1. The molecule has 2 N–H and O–H groups in total. The summed E-state index contributed by atoms with van der Waals surface area (Å²) in [6.45, 7) is 3.47. The molecule has 9 heteroatoms. The van der Waals surface area contributed by atoms with E-state index in [1.54, 1.807) is 6.07 Å². The van der Waals surface area contributed by atoms with Crippen molar-refractivity contribution in [1.82, 2.24) is 10.2 Å². The van der Waals surface area contributed by atoms with E-state index in [4.69, 9.17) is 0 Å². The van der Waals surface area contributed by atoms with Gasteiger partial charge in [0.25, 0.3) is 0 Å². The quantitative estimate of drug-likeness (QED) is 0.657. The summed E-state index contributed by atoms with van der Waals surface area (Å²) in [5.74, 6) is 0.511. The zero-order chi connectivity index (χ0) is 17.2. The average Bonchev–Trinajstić information content (AvgIpc) is 3.04. The maximum Gasteiger partial charge on any atom is 0.446 e. The normalized spacial score (nSPS) is 20.3. The number of piperazine rings is 1. The molecule has 1 aromatic carbocycles. The monoisotopic (exact) mass is 432 g/mol. The average molecular weight is 433 g/mol. The molecular formula is C17H25Cl2F3N2OS. The highest BCUT2D eigenvalue weighted by atomic mass is 35.5. The molecule has 0 bridgehead atoms. The zero-order valence-electron chi connectivity index (χ0n) is 14.3. The summed E-state index contributed by atoms with van der Waals surface area (Å²) in [5.41, 5.74) is -3.66. The van der Waals surface area contributed by atoms with Crippen LogP contribution in [0.2, 0.25) is 0 Å². The van der Waals surface area contributed by atoms with E-state index in [1.165, 1.54) is 12.1 Å². The lowest BCUT2D eigenvalue weighted by atomic mass is 9.89. The second-order valence-corrected chi connectivity index (χ2v) is 7.68. The molecule has 1 saturated carbocycles. The number of aromatic hydroxyl groups is 1. The molecule has 2 aliphatic rings. The number of rotatable bonds is 4. The lowest BCUT2D eigenvalue weighted by molar-refractivity contribution is -0.0328. The Balaban J connectivity index is 0.00000169. The van der Waals surface area contributed by atoms with E-state index in [0.717, 1.165) is 51.9 Å². The molecule has 3 nitrogen and oxygen atoms in total.